The molecule has 0 bridgehead atoms. The lowest BCUT2D eigenvalue weighted by molar-refractivity contribution is 0.121. The molecule has 0 fully saturated rings. The lowest BCUT2D eigenvalue weighted by atomic mass is 9.98. The third kappa shape index (κ3) is 4.72. The number of aliphatic hydroxyl groups is 1. The summed E-state index contributed by atoms with van der Waals surface area (Å²) in [7, 11) is 0. The van der Waals surface area contributed by atoms with E-state index in [4.69, 9.17) is 0 Å². The fourth-order valence-corrected chi connectivity index (χ4v) is 2.64. The van der Waals surface area contributed by atoms with Crippen molar-refractivity contribution in [2.75, 3.05) is 5.75 Å². The average molecular weight is 224 g/mol. The predicted molar refractivity (Wildman–Crippen MR) is 67.2 cm³/mol. The van der Waals surface area contributed by atoms with E-state index in [1.807, 2.05) is 24.8 Å². The van der Waals surface area contributed by atoms with Crippen LogP contribution in [0.1, 0.15) is 26.7 Å². The van der Waals surface area contributed by atoms with Gasteiger partial charge in [0, 0.05) is 4.90 Å². The Hall–Kier alpha value is -0.470. The van der Waals surface area contributed by atoms with E-state index in [-0.39, 0.29) is 6.10 Å². The van der Waals surface area contributed by atoms with Gasteiger partial charge in [0.15, 0.2) is 0 Å². The van der Waals surface area contributed by atoms with E-state index in [1.54, 1.807) is 0 Å². The zero-order valence-corrected chi connectivity index (χ0v) is 10.3. The third-order valence-corrected chi connectivity index (χ3v) is 3.75. The van der Waals surface area contributed by atoms with Gasteiger partial charge in [0.05, 0.1) is 6.10 Å². The Morgan fingerprint density at radius 2 is 1.93 bits per heavy atom. The number of hydrogen-bond donors (Lipinski definition) is 1. The molecule has 2 atom stereocenters. The van der Waals surface area contributed by atoms with Gasteiger partial charge >= 0.3 is 0 Å². The van der Waals surface area contributed by atoms with Crippen molar-refractivity contribution in [2.45, 2.75) is 37.7 Å². The van der Waals surface area contributed by atoms with Crippen LogP contribution >= 0.6 is 11.8 Å². The Morgan fingerprint density at radius 1 is 1.27 bits per heavy atom. The van der Waals surface area contributed by atoms with E-state index in [9.17, 15) is 5.11 Å². The van der Waals surface area contributed by atoms with Crippen LogP contribution < -0.4 is 0 Å². The van der Waals surface area contributed by atoms with Crippen LogP contribution in [0.15, 0.2) is 35.2 Å². The minimum atomic E-state index is -0.175. The zero-order chi connectivity index (χ0) is 11.1. The minimum Gasteiger partial charge on any atom is -0.393 e. The van der Waals surface area contributed by atoms with E-state index in [0.717, 1.165) is 18.6 Å². The van der Waals surface area contributed by atoms with Crippen LogP contribution in [0.25, 0.3) is 0 Å². The van der Waals surface area contributed by atoms with E-state index >= 15 is 0 Å². The van der Waals surface area contributed by atoms with Crippen LogP contribution in [0.4, 0.5) is 0 Å². The monoisotopic (exact) mass is 224 g/mol. The highest BCUT2D eigenvalue weighted by atomic mass is 32.2. The molecule has 2 unspecified atom stereocenters. The van der Waals surface area contributed by atoms with E-state index in [1.165, 1.54) is 4.90 Å². The molecule has 1 rings (SSSR count). The van der Waals surface area contributed by atoms with E-state index in [0.29, 0.717) is 5.92 Å². The lowest BCUT2D eigenvalue weighted by Crippen LogP contribution is -2.16. The summed E-state index contributed by atoms with van der Waals surface area (Å²) in [6, 6.07) is 10.4. The summed E-state index contributed by atoms with van der Waals surface area (Å²) in [4.78, 5) is 1.32. The van der Waals surface area contributed by atoms with Crippen LogP contribution in [0.5, 0.6) is 0 Å². The summed E-state index contributed by atoms with van der Waals surface area (Å²) in [6.45, 7) is 4.03. The molecule has 0 saturated heterocycles. The fourth-order valence-electron chi connectivity index (χ4n) is 1.63. The maximum absolute atomic E-state index is 9.50. The molecule has 0 radical (unpaired) electrons. The molecule has 1 N–H and O–H groups in total. The minimum absolute atomic E-state index is 0.175. The zero-order valence-electron chi connectivity index (χ0n) is 9.52. The van der Waals surface area contributed by atoms with Gasteiger partial charge in [0.1, 0.15) is 0 Å². The van der Waals surface area contributed by atoms with Crippen molar-refractivity contribution in [3.63, 3.8) is 0 Å². The molecule has 15 heavy (non-hydrogen) atoms. The number of thioether (sulfide) groups is 1. The number of rotatable bonds is 6. The first-order chi connectivity index (χ1) is 7.24. The summed E-state index contributed by atoms with van der Waals surface area (Å²) in [5, 5.41) is 9.50. The molecule has 0 aromatic heterocycles. The van der Waals surface area contributed by atoms with Gasteiger partial charge in [-0.15, -0.1) is 11.8 Å². The maximum Gasteiger partial charge on any atom is 0.0540 e. The molecule has 0 heterocycles. The van der Waals surface area contributed by atoms with Crippen LogP contribution in [0.3, 0.4) is 0 Å². The molecule has 2 heteroatoms. The van der Waals surface area contributed by atoms with Crippen LogP contribution in [0, 0.1) is 5.92 Å². The second kappa shape index (κ2) is 6.91. The van der Waals surface area contributed by atoms with Gasteiger partial charge < -0.3 is 5.11 Å². The Balaban J connectivity index is 2.27. The number of hydrogen-bond acceptors (Lipinski definition) is 2. The highest BCUT2D eigenvalue weighted by molar-refractivity contribution is 7.99. The smallest absolute Gasteiger partial charge is 0.0540 e. The Kier molecular flexibility index (Phi) is 5.81. The molecule has 1 aromatic rings. The normalized spacial score (nSPS) is 14.9. The number of benzene rings is 1. The average Bonchev–Trinajstić information content (AvgIpc) is 2.25. The van der Waals surface area contributed by atoms with Crippen LogP contribution in [-0.2, 0) is 0 Å². The van der Waals surface area contributed by atoms with E-state index in [2.05, 4.69) is 31.2 Å². The quantitative estimate of drug-likeness (QED) is 0.745. The Labute approximate surface area is 96.9 Å². The summed E-state index contributed by atoms with van der Waals surface area (Å²) in [6.07, 6.45) is 1.98. The second-order valence-corrected chi connectivity index (χ2v) is 5.03. The van der Waals surface area contributed by atoms with Crippen molar-refractivity contribution in [2.24, 2.45) is 5.92 Å². The van der Waals surface area contributed by atoms with Crippen molar-refractivity contribution in [1.29, 1.82) is 0 Å². The molecule has 0 aliphatic rings. The van der Waals surface area contributed by atoms with Crippen molar-refractivity contribution in [1.82, 2.24) is 0 Å². The molecule has 0 amide bonds. The molecule has 0 aliphatic heterocycles. The highest BCUT2D eigenvalue weighted by Crippen LogP contribution is 2.22. The molecule has 0 spiro atoms. The largest absolute Gasteiger partial charge is 0.393 e. The summed E-state index contributed by atoms with van der Waals surface area (Å²) >= 11 is 1.87. The number of aliphatic hydroxyl groups excluding tert-OH is 1. The van der Waals surface area contributed by atoms with Gasteiger partial charge in [-0.1, -0.05) is 31.5 Å². The molecule has 0 saturated carbocycles. The first kappa shape index (κ1) is 12.6. The summed E-state index contributed by atoms with van der Waals surface area (Å²) in [5.41, 5.74) is 0. The first-order valence-electron chi connectivity index (χ1n) is 5.60. The molecule has 1 nitrogen and oxygen atoms in total. The van der Waals surface area contributed by atoms with Gasteiger partial charge in [0.2, 0.25) is 0 Å². The first-order valence-corrected chi connectivity index (χ1v) is 6.58. The Morgan fingerprint density at radius 3 is 2.47 bits per heavy atom. The van der Waals surface area contributed by atoms with Gasteiger partial charge in [0.25, 0.3) is 0 Å². The van der Waals surface area contributed by atoms with Crippen molar-refractivity contribution in [3.05, 3.63) is 30.3 Å². The van der Waals surface area contributed by atoms with Crippen LogP contribution in [-0.4, -0.2) is 17.0 Å². The third-order valence-electron chi connectivity index (χ3n) is 2.71. The molecule has 84 valence electrons. The standard InChI is InChI=1S/C13H20OS/c1-3-12(11(2)14)9-10-15-13-7-5-4-6-8-13/h4-8,11-12,14H,3,9-10H2,1-2H3. The lowest BCUT2D eigenvalue weighted by Gasteiger charge is -2.17. The van der Waals surface area contributed by atoms with Crippen molar-refractivity contribution < 1.29 is 5.11 Å². The Bertz CT molecular complexity index is 258. The summed E-state index contributed by atoms with van der Waals surface area (Å²) in [5.74, 6) is 1.54. The SMILES string of the molecule is CCC(CCSc1ccccc1)C(C)O. The maximum atomic E-state index is 9.50. The highest BCUT2D eigenvalue weighted by Gasteiger charge is 2.11. The predicted octanol–water partition coefficient (Wildman–Crippen LogP) is 3.58. The molecular formula is C13H20OS. The van der Waals surface area contributed by atoms with Crippen molar-refractivity contribution in [3.8, 4) is 0 Å². The summed E-state index contributed by atoms with van der Waals surface area (Å²) < 4.78 is 0. The molecule has 0 aliphatic carbocycles. The topological polar surface area (TPSA) is 20.2 Å². The van der Waals surface area contributed by atoms with Gasteiger partial charge in [-0.05, 0) is 37.1 Å². The van der Waals surface area contributed by atoms with Crippen molar-refractivity contribution >= 4 is 11.8 Å². The van der Waals surface area contributed by atoms with Gasteiger partial charge in [-0.2, -0.15) is 0 Å². The van der Waals surface area contributed by atoms with Crippen LogP contribution in [0.2, 0.25) is 0 Å². The molecule has 1 aromatic carbocycles. The fraction of sp³-hybridized carbons (Fsp3) is 0.538. The van der Waals surface area contributed by atoms with Gasteiger partial charge in [-0.3, -0.25) is 0 Å². The van der Waals surface area contributed by atoms with Gasteiger partial charge in [-0.25, -0.2) is 0 Å². The molecular weight excluding hydrogens is 204 g/mol. The second-order valence-electron chi connectivity index (χ2n) is 3.86. The van der Waals surface area contributed by atoms with E-state index < -0.39 is 0 Å².